The topological polar surface area (TPSA) is 102 Å². The standard InChI is InChI=1S/C57H85N3O5/c1-3-5-7-9-11-13-15-17-19-21-23-31-39-63-44-47(64-40-32-24-22-20-18-16-14-12-10-8-6-4-2)43-59-56(61)55(41-46-42-58-54-38-30-29-33-48(46)54)60-57(62)65-45-53-51-36-27-25-34-49(51)50-35-26-28-37-52(50)53/h25-30,33-38,42,47,53,55,58H,3-24,31-32,39-41,43-45H2,1-2H3,(H,59,61)(H,60,62)/t47?,55-/m0/s1. The molecule has 0 saturated heterocycles. The van der Waals surface area contributed by atoms with Crippen LogP contribution in [0.2, 0.25) is 0 Å². The Morgan fingerprint density at radius 1 is 0.600 bits per heavy atom. The van der Waals surface area contributed by atoms with E-state index in [1.807, 2.05) is 54.7 Å². The van der Waals surface area contributed by atoms with E-state index in [2.05, 4.69) is 53.7 Å². The average Bonchev–Trinajstić information content (AvgIpc) is 3.89. The highest BCUT2D eigenvalue weighted by molar-refractivity contribution is 5.88. The summed E-state index contributed by atoms with van der Waals surface area (Å²) in [7, 11) is 0. The van der Waals surface area contributed by atoms with Crippen LogP contribution in [-0.4, -0.2) is 62.1 Å². The van der Waals surface area contributed by atoms with E-state index in [4.69, 9.17) is 14.2 Å². The molecule has 2 atom stereocenters. The van der Waals surface area contributed by atoms with E-state index in [0.29, 0.717) is 32.8 Å². The molecule has 8 nitrogen and oxygen atoms in total. The zero-order valence-electron chi connectivity index (χ0n) is 40.5. The highest BCUT2D eigenvalue weighted by atomic mass is 16.5. The Bertz CT molecular complexity index is 1850. The fourth-order valence-corrected chi connectivity index (χ4v) is 9.47. The molecule has 0 fully saturated rings. The Morgan fingerprint density at radius 2 is 1.09 bits per heavy atom. The van der Waals surface area contributed by atoms with E-state index in [9.17, 15) is 9.59 Å². The van der Waals surface area contributed by atoms with Gasteiger partial charge in [-0.1, -0.05) is 222 Å². The number of fused-ring (bicyclic) bond motifs is 4. The molecule has 4 aromatic rings. The van der Waals surface area contributed by atoms with Gasteiger partial charge in [-0.25, -0.2) is 4.79 Å². The van der Waals surface area contributed by atoms with Crippen LogP contribution >= 0.6 is 0 Å². The predicted octanol–water partition coefficient (Wildman–Crippen LogP) is 14.5. The molecule has 0 spiro atoms. The van der Waals surface area contributed by atoms with Crippen LogP contribution in [0.15, 0.2) is 79.0 Å². The lowest BCUT2D eigenvalue weighted by atomic mass is 9.98. The van der Waals surface area contributed by atoms with Gasteiger partial charge in [0.2, 0.25) is 5.91 Å². The number of H-pyrrole nitrogens is 1. The first-order chi connectivity index (χ1) is 32.1. The van der Waals surface area contributed by atoms with Crippen LogP contribution in [0.4, 0.5) is 4.79 Å². The summed E-state index contributed by atoms with van der Waals surface area (Å²) in [6, 6.07) is 23.8. The van der Waals surface area contributed by atoms with Gasteiger partial charge < -0.3 is 29.8 Å². The fourth-order valence-electron chi connectivity index (χ4n) is 9.47. The highest BCUT2D eigenvalue weighted by Crippen LogP contribution is 2.44. The van der Waals surface area contributed by atoms with Crippen molar-refractivity contribution in [1.29, 1.82) is 0 Å². The van der Waals surface area contributed by atoms with Crippen molar-refractivity contribution in [3.63, 3.8) is 0 Å². The summed E-state index contributed by atoms with van der Waals surface area (Å²) in [5.74, 6) is -0.351. The van der Waals surface area contributed by atoms with E-state index < -0.39 is 12.1 Å². The van der Waals surface area contributed by atoms with Crippen molar-refractivity contribution in [2.45, 2.75) is 192 Å². The number of benzene rings is 3. The van der Waals surface area contributed by atoms with Gasteiger partial charge in [-0.2, -0.15) is 0 Å². The zero-order chi connectivity index (χ0) is 45.6. The number of hydrogen-bond donors (Lipinski definition) is 3. The molecule has 0 bridgehead atoms. The SMILES string of the molecule is CCCCCCCCCCCCCCOCC(CNC(=O)[C@H](Cc1c[nH]c2ccccc12)NC(=O)OCC1c2ccccc2-c2ccccc21)OCCCCCCCCCCCCCC. The number of hydrogen-bond acceptors (Lipinski definition) is 5. The van der Waals surface area contributed by atoms with E-state index >= 15 is 0 Å². The molecule has 0 aliphatic heterocycles. The number of nitrogens with one attached hydrogen (secondary N) is 3. The van der Waals surface area contributed by atoms with Gasteiger partial charge in [-0.15, -0.1) is 0 Å². The van der Waals surface area contributed by atoms with Crippen molar-refractivity contribution < 1.29 is 23.8 Å². The normalized spacial score (nSPS) is 13.1. The van der Waals surface area contributed by atoms with Crippen molar-refractivity contribution in [2.24, 2.45) is 0 Å². The van der Waals surface area contributed by atoms with Crippen molar-refractivity contribution in [3.8, 4) is 11.1 Å². The number of ether oxygens (including phenoxy) is 3. The largest absolute Gasteiger partial charge is 0.449 e. The molecule has 1 unspecified atom stereocenters. The van der Waals surface area contributed by atoms with Crippen molar-refractivity contribution in [1.82, 2.24) is 15.6 Å². The second-order valence-corrected chi connectivity index (χ2v) is 18.7. The minimum atomic E-state index is -0.858. The first kappa shape index (κ1) is 51.8. The first-order valence-corrected chi connectivity index (χ1v) is 26.2. The maximum absolute atomic E-state index is 14.1. The lowest BCUT2D eigenvalue weighted by Crippen LogP contribution is -2.50. The molecule has 65 heavy (non-hydrogen) atoms. The summed E-state index contributed by atoms with van der Waals surface area (Å²) in [6.45, 7) is 6.77. The summed E-state index contributed by atoms with van der Waals surface area (Å²) in [5, 5.41) is 7.12. The van der Waals surface area contributed by atoms with Gasteiger partial charge in [0.15, 0.2) is 0 Å². The molecule has 3 aromatic carbocycles. The van der Waals surface area contributed by atoms with Gasteiger partial charge in [0.1, 0.15) is 12.6 Å². The second-order valence-electron chi connectivity index (χ2n) is 18.7. The van der Waals surface area contributed by atoms with Crippen LogP contribution in [0, 0.1) is 0 Å². The van der Waals surface area contributed by atoms with Gasteiger partial charge in [0, 0.05) is 49.2 Å². The van der Waals surface area contributed by atoms with Crippen molar-refractivity contribution in [3.05, 3.63) is 95.7 Å². The zero-order valence-corrected chi connectivity index (χ0v) is 40.5. The van der Waals surface area contributed by atoms with Gasteiger partial charge in [0.05, 0.1) is 12.7 Å². The third-order valence-corrected chi connectivity index (χ3v) is 13.4. The van der Waals surface area contributed by atoms with Crippen LogP contribution in [0.25, 0.3) is 22.0 Å². The molecular weight excluding hydrogens is 807 g/mol. The van der Waals surface area contributed by atoms with Crippen LogP contribution < -0.4 is 10.6 Å². The molecular formula is C57H85N3O5. The van der Waals surface area contributed by atoms with Crippen molar-refractivity contribution >= 4 is 22.9 Å². The number of carbonyl (C=O) groups excluding carboxylic acids is 2. The molecule has 1 aliphatic carbocycles. The Morgan fingerprint density at radius 3 is 1.66 bits per heavy atom. The Hall–Kier alpha value is -4.14. The molecule has 8 heteroatoms. The second kappa shape index (κ2) is 31.7. The summed E-state index contributed by atoms with van der Waals surface area (Å²) >= 11 is 0. The monoisotopic (exact) mass is 892 g/mol. The maximum Gasteiger partial charge on any atom is 0.407 e. The summed E-state index contributed by atoms with van der Waals surface area (Å²) in [6.07, 6.45) is 32.5. The average molecular weight is 892 g/mol. The Balaban J connectivity index is 1.10. The number of amides is 2. The summed E-state index contributed by atoms with van der Waals surface area (Å²) in [4.78, 5) is 31.1. The van der Waals surface area contributed by atoms with Crippen molar-refractivity contribution in [2.75, 3.05) is 33.0 Å². The summed E-state index contributed by atoms with van der Waals surface area (Å²) in [5.41, 5.74) is 6.56. The molecule has 358 valence electrons. The summed E-state index contributed by atoms with van der Waals surface area (Å²) < 4.78 is 18.6. The predicted molar refractivity (Wildman–Crippen MR) is 270 cm³/mol. The van der Waals surface area contributed by atoms with Gasteiger partial charge in [-0.3, -0.25) is 4.79 Å². The number of para-hydroxylation sites is 1. The van der Waals surface area contributed by atoms with E-state index in [-0.39, 0.29) is 24.5 Å². The number of carbonyl (C=O) groups is 2. The van der Waals surface area contributed by atoms with Crippen LogP contribution in [0.1, 0.15) is 191 Å². The molecule has 0 radical (unpaired) electrons. The van der Waals surface area contributed by atoms with E-state index in [0.717, 1.165) is 46.9 Å². The molecule has 1 aliphatic rings. The fraction of sp³-hybridized carbons (Fsp3) is 0.614. The van der Waals surface area contributed by atoms with Crippen LogP contribution in [0.3, 0.4) is 0 Å². The maximum atomic E-state index is 14.1. The van der Waals surface area contributed by atoms with Crippen LogP contribution in [-0.2, 0) is 25.4 Å². The number of aromatic nitrogens is 1. The smallest absolute Gasteiger partial charge is 0.407 e. The minimum absolute atomic E-state index is 0.0769. The molecule has 5 rings (SSSR count). The van der Waals surface area contributed by atoms with Crippen LogP contribution in [0.5, 0.6) is 0 Å². The third kappa shape index (κ3) is 18.9. The highest BCUT2D eigenvalue weighted by Gasteiger charge is 2.30. The quantitative estimate of drug-likeness (QED) is 0.0392. The molecule has 1 heterocycles. The Kier molecular flexibility index (Phi) is 25.3. The van der Waals surface area contributed by atoms with E-state index in [1.54, 1.807) is 0 Å². The lowest BCUT2D eigenvalue weighted by molar-refractivity contribution is -0.124. The molecule has 2 amide bonds. The number of unbranched alkanes of at least 4 members (excludes halogenated alkanes) is 22. The van der Waals surface area contributed by atoms with Gasteiger partial charge in [-0.05, 0) is 46.7 Å². The Labute approximate surface area is 393 Å². The molecule has 1 aromatic heterocycles. The number of alkyl carbamates (subject to hydrolysis) is 1. The number of rotatable bonds is 37. The van der Waals surface area contributed by atoms with Gasteiger partial charge >= 0.3 is 6.09 Å². The first-order valence-electron chi connectivity index (χ1n) is 26.2. The lowest BCUT2D eigenvalue weighted by Gasteiger charge is -2.22. The number of aromatic amines is 1. The molecule has 3 N–H and O–H groups in total. The van der Waals surface area contributed by atoms with Gasteiger partial charge in [0.25, 0.3) is 0 Å². The minimum Gasteiger partial charge on any atom is -0.449 e. The van der Waals surface area contributed by atoms with E-state index in [1.165, 1.54) is 146 Å². The molecule has 0 saturated carbocycles. The third-order valence-electron chi connectivity index (χ3n) is 13.4.